The van der Waals surface area contributed by atoms with Gasteiger partial charge in [-0.05, 0) is 29.8 Å². The number of amides is 1. The molecule has 0 spiro atoms. The Morgan fingerprint density at radius 2 is 2.05 bits per heavy atom. The predicted molar refractivity (Wildman–Crippen MR) is 70.4 cm³/mol. The van der Waals surface area contributed by atoms with Crippen molar-refractivity contribution < 1.29 is 23.5 Å². The highest BCUT2D eigenvalue weighted by Gasteiger charge is 2.33. The van der Waals surface area contributed by atoms with Crippen LogP contribution >= 0.6 is 0 Å². The van der Waals surface area contributed by atoms with Crippen molar-refractivity contribution in [2.24, 2.45) is 0 Å². The fourth-order valence-corrected chi connectivity index (χ4v) is 2.66. The number of nitrogens with one attached hydrogen (secondary N) is 1. The monoisotopic (exact) mass is 285 g/mol. The summed E-state index contributed by atoms with van der Waals surface area (Å²) in [4.78, 5) is 24.1. The average Bonchev–Trinajstić information content (AvgIpc) is 3.19. The molecule has 1 N–H and O–H groups in total. The van der Waals surface area contributed by atoms with Crippen LogP contribution in [0.5, 0.6) is 11.5 Å². The molecule has 0 saturated carbocycles. The van der Waals surface area contributed by atoms with Gasteiger partial charge in [-0.25, -0.2) is 0 Å². The topological polar surface area (TPSA) is 77.8 Å². The molecule has 6 heteroatoms. The maximum atomic E-state index is 12.1. The predicted octanol–water partition coefficient (Wildman–Crippen LogP) is 2.07. The van der Waals surface area contributed by atoms with Gasteiger partial charge in [0.25, 0.3) is 5.91 Å². The largest absolute Gasteiger partial charge is 0.459 e. The van der Waals surface area contributed by atoms with E-state index < -0.39 is 0 Å². The lowest BCUT2D eigenvalue weighted by molar-refractivity contribution is 0.0900. The summed E-state index contributed by atoms with van der Waals surface area (Å²) in [6.45, 7) is 0.149. The molecular formula is C15H11NO5. The van der Waals surface area contributed by atoms with E-state index in [1.54, 1.807) is 24.3 Å². The number of fused-ring (bicyclic) bond motifs is 2. The van der Waals surface area contributed by atoms with Gasteiger partial charge >= 0.3 is 0 Å². The van der Waals surface area contributed by atoms with E-state index in [0.29, 0.717) is 17.1 Å². The molecule has 1 aliphatic carbocycles. The fraction of sp³-hybridized carbons (Fsp3) is 0.200. The normalized spacial score (nSPS) is 18.7. The van der Waals surface area contributed by atoms with Crippen molar-refractivity contribution in [2.45, 2.75) is 12.5 Å². The molecule has 0 unspecified atom stereocenters. The van der Waals surface area contributed by atoms with Crippen LogP contribution < -0.4 is 14.8 Å². The molecule has 6 nitrogen and oxygen atoms in total. The zero-order chi connectivity index (χ0) is 14.4. The van der Waals surface area contributed by atoms with Crippen LogP contribution in [0.1, 0.15) is 38.9 Å². The molecule has 1 aromatic carbocycles. The van der Waals surface area contributed by atoms with Crippen LogP contribution in [0, 0.1) is 0 Å². The molecule has 0 radical (unpaired) electrons. The van der Waals surface area contributed by atoms with E-state index in [0.717, 1.165) is 5.56 Å². The minimum atomic E-state index is -0.375. The van der Waals surface area contributed by atoms with Gasteiger partial charge < -0.3 is 19.2 Å². The zero-order valence-electron chi connectivity index (χ0n) is 10.9. The molecule has 2 aliphatic rings. The van der Waals surface area contributed by atoms with Crippen molar-refractivity contribution in [1.82, 2.24) is 5.32 Å². The van der Waals surface area contributed by atoms with Gasteiger partial charge in [-0.2, -0.15) is 0 Å². The first-order valence-electron chi connectivity index (χ1n) is 6.53. The van der Waals surface area contributed by atoms with E-state index in [4.69, 9.17) is 13.9 Å². The lowest BCUT2D eigenvalue weighted by Crippen LogP contribution is -2.27. The summed E-state index contributed by atoms with van der Waals surface area (Å²) in [5, 5.41) is 2.81. The first-order chi connectivity index (χ1) is 10.2. The van der Waals surface area contributed by atoms with Crippen molar-refractivity contribution >= 4 is 11.7 Å². The van der Waals surface area contributed by atoms with Crippen LogP contribution in [-0.2, 0) is 0 Å². The summed E-state index contributed by atoms with van der Waals surface area (Å²) in [5.74, 6) is 1.02. The third kappa shape index (κ3) is 1.87. The molecule has 0 bridgehead atoms. The number of ketones is 1. The Morgan fingerprint density at radius 3 is 2.81 bits per heavy atom. The highest BCUT2D eigenvalue weighted by atomic mass is 16.7. The Labute approximate surface area is 119 Å². The Hall–Kier alpha value is -2.76. The summed E-state index contributed by atoms with van der Waals surface area (Å²) in [6.07, 6.45) is 1.66. The van der Waals surface area contributed by atoms with E-state index >= 15 is 0 Å². The van der Waals surface area contributed by atoms with Crippen molar-refractivity contribution in [1.29, 1.82) is 0 Å². The van der Waals surface area contributed by atoms with Crippen LogP contribution in [0.3, 0.4) is 0 Å². The molecule has 21 heavy (non-hydrogen) atoms. The first-order valence-corrected chi connectivity index (χ1v) is 6.53. The second-order valence-electron chi connectivity index (χ2n) is 4.92. The Morgan fingerprint density at radius 1 is 1.24 bits per heavy atom. The molecule has 0 saturated heterocycles. The summed E-state index contributed by atoms with van der Waals surface area (Å²) < 4.78 is 15.6. The van der Waals surface area contributed by atoms with Crippen LogP contribution in [0.15, 0.2) is 34.9 Å². The number of hydrogen-bond acceptors (Lipinski definition) is 5. The maximum absolute atomic E-state index is 12.1. The van der Waals surface area contributed by atoms with E-state index in [9.17, 15) is 9.59 Å². The van der Waals surface area contributed by atoms with Gasteiger partial charge in [0.1, 0.15) is 0 Å². The van der Waals surface area contributed by atoms with E-state index in [2.05, 4.69) is 5.32 Å². The Balaban J connectivity index is 1.65. The number of rotatable bonds is 2. The molecule has 1 amide bonds. The lowest BCUT2D eigenvalue weighted by atomic mass is 10.1. The van der Waals surface area contributed by atoms with Crippen LogP contribution in [0.25, 0.3) is 0 Å². The molecule has 1 atom stereocenters. The average molecular weight is 285 g/mol. The molecule has 0 fully saturated rings. The molecule has 4 rings (SSSR count). The number of hydrogen-bond donors (Lipinski definition) is 1. The van der Waals surface area contributed by atoms with Gasteiger partial charge in [0, 0.05) is 12.0 Å². The van der Waals surface area contributed by atoms with Crippen LogP contribution in [0.2, 0.25) is 0 Å². The number of carbonyl (C=O) groups excluding carboxylic acids is 2. The minimum Gasteiger partial charge on any atom is -0.459 e. The van der Waals surface area contributed by atoms with Gasteiger partial charge in [0.05, 0.1) is 12.3 Å². The summed E-state index contributed by atoms with van der Waals surface area (Å²) in [7, 11) is 0. The van der Waals surface area contributed by atoms with E-state index in [1.165, 1.54) is 6.26 Å². The molecule has 2 heterocycles. The number of Topliss-reactive ketones (excluding diaryl/α,β-unsaturated/α-hetero) is 1. The molecule has 1 aliphatic heterocycles. The Bertz CT molecular complexity index is 735. The SMILES string of the molecule is O=C(N[C@@H]1CC(=O)c2cc3c(cc21)OCO3)c1ccco1. The van der Waals surface area contributed by atoms with Crippen LogP contribution in [-0.4, -0.2) is 18.5 Å². The second-order valence-corrected chi connectivity index (χ2v) is 4.92. The quantitative estimate of drug-likeness (QED) is 0.913. The van der Waals surface area contributed by atoms with E-state index in [-0.39, 0.29) is 36.7 Å². The highest BCUT2D eigenvalue weighted by molar-refractivity contribution is 6.03. The van der Waals surface area contributed by atoms with Crippen molar-refractivity contribution in [3.8, 4) is 11.5 Å². The van der Waals surface area contributed by atoms with Gasteiger partial charge in [0.2, 0.25) is 6.79 Å². The standard InChI is InChI=1S/C15H11NO5/c17-11-6-10(16-15(18)12-2-1-3-19-12)8-4-13-14(5-9(8)11)21-7-20-13/h1-5,10H,6-7H2,(H,16,18)/t10-/m1/s1. The third-order valence-corrected chi connectivity index (χ3v) is 3.66. The number of benzene rings is 1. The smallest absolute Gasteiger partial charge is 0.287 e. The molecule has 2 aromatic rings. The fourth-order valence-electron chi connectivity index (χ4n) is 2.66. The van der Waals surface area contributed by atoms with Gasteiger partial charge in [-0.3, -0.25) is 9.59 Å². The summed E-state index contributed by atoms with van der Waals surface area (Å²) >= 11 is 0. The molecule has 1 aromatic heterocycles. The lowest BCUT2D eigenvalue weighted by Gasteiger charge is -2.12. The second kappa shape index (κ2) is 4.37. The maximum Gasteiger partial charge on any atom is 0.287 e. The third-order valence-electron chi connectivity index (χ3n) is 3.66. The molecular weight excluding hydrogens is 274 g/mol. The minimum absolute atomic E-state index is 0.0203. The van der Waals surface area contributed by atoms with Crippen molar-refractivity contribution in [3.05, 3.63) is 47.4 Å². The van der Waals surface area contributed by atoms with Crippen LogP contribution in [0.4, 0.5) is 0 Å². The van der Waals surface area contributed by atoms with Gasteiger partial charge in [-0.1, -0.05) is 0 Å². The summed E-state index contributed by atoms with van der Waals surface area (Å²) in [5.41, 5.74) is 1.33. The van der Waals surface area contributed by atoms with E-state index in [1.807, 2.05) is 0 Å². The highest BCUT2D eigenvalue weighted by Crippen LogP contribution is 2.41. The van der Waals surface area contributed by atoms with Crippen molar-refractivity contribution in [3.63, 3.8) is 0 Å². The number of carbonyl (C=O) groups is 2. The zero-order valence-corrected chi connectivity index (χ0v) is 10.9. The number of furan rings is 1. The van der Waals surface area contributed by atoms with Gasteiger partial charge in [0.15, 0.2) is 23.0 Å². The molecule has 106 valence electrons. The van der Waals surface area contributed by atoms with Gasteiger partial charge in [-0.15, -0.1) is 0 Å². The number of ether oxygens (including phenoxy) is 2. The summed E-state index contributed by atoms with van der Waals surface area (Å²) in [6, 6.07) is 6.28. The first kappa shape index (κ1) is 12.0. The Kier molecular flexibility index (Phi) is 2.50. The van der Waals surface area contributed by atoms with Crippen molar-refractivity contribution in [2.75, 3.05) is 6.79 Å².